The van der Waals surface area contributed by atoms with E-state index in [0.29, 0.717) is 5.01 Å². The topological polar surface area (TPSA) is 128 Å². The van der Waals surface area contributed by atoms with Crippen LogP contribution in [0, 0.1) is 0 Å². The maximum atomic E-state index is 14.3. The lowest BCUT2D eigenvalue weighted by atomic mass is 10.1. The van der Waals surface area contributed by atoms with Crippen molar-refractivity contribution in [2.24, 2.45) is 0 Å². The Morgan fingerprint density at radius 2 is 2.03 bits per heavy atom. The van der Waals surface area contributed by atoms with Gasteiger partial charge in [0.1, 0.15) is 11.2 Å². The Kier molecular flexibility index (Phi) is 7.68. The van der Waals surface area contributed by atoms with Gasteiger partial charge in [0.05, 0.1) is 25.0 Å². The number of hydrogen-bond donors (Lipinski definition) is 2. The molecule has 3 aromatic heterocycles. The first-order valence-corrected chi connectivity index (χ1v) is 10.7. The number of alkyl halides is 3. The molecule has 0 unspecified atom stereocenters. The van der Waals surface area contributed by atoms with Crippen molar-refractivity contribution in [2.45, 2.75) is 44.9 Å². The molecule has 0 radical (unpaired) electrons. The fourth-order valence-electron chi connectivity index (χ4n) is 2.73. The van der Waals surface area contributed by atoms with Gasteiger partial charge in [-0.25, -0.2) is 17.9 Å². The van der Waals surface area contributed by atoms with Gasteiger partial charge < -0.3 is 10.6 Å². The van der Waals surface area contributed by atoms with Crippen molar-refractivity contribution in [3.63, 3.8) is 0 Å². The highest BCUT2D eigenvalue weighted by molar-refractivity contribution is 7.13. The number of nitrogens with one attached hydrogen (secondary N) is 2. The van der Waals surface area contributed by atoms with E-state index in [2.05, 4.69) is 36.1 Å². The lowest BCUT2D eigenvalue weighted by molar-refractivity contribution is 0.0173. The van der Waals surface area contributed by atoms with Crippen LogP contribution in [0.3, 0.4) is 0 Å². The van der Waals surface area contributed by atoms with E-state index in [1.807, 2.05) is 0 Å². The third-order valence-corrected chi connectivity index (χ3v) is 5.45. The molecule has 3 rings (SSSR count). The number of amides is 2. The van der Waals surface area contributed by atoms with Gasteiger partial charge in [0.2, 0.25) is 5.01 Å². The van der Waals surface area contributed by atoms with E-state index >= 15 is 0 Å². The molecular weight excluding hydrogens is 461 g/mol. The molecule has 176 valence electrons. The van der Waals surface area contributed by atoms with Crippen molar-refractivity contribution >= 4 is 23.2 Å². The smallest absolute Gasteiger partial charge is 0.282 e. The minimum absolute atomic E-state index is 0.0554. The lowest BCUT2D eigenvalue weighted by Gasteiger charge is -2.11. The Labute approximate surface area is 190 Å². The number of nitrogens with zero attached hydrogens (tertiary/aromatic N) is 6. The van der Waals surface area contributed by atoms with Gasteiger partial charge in [-0.1, -0.05) is 16.6 Å². The lowest BCUT2D eigenvalue weighted by Crippen LogP contribution is -2.23. The summed E-state index contributed by atoms with van der Waals surface area (Å²) in [5.74, 6) is -3.96. The summed E-state index contributed by atoms with van der Waals surface area (Å²) in [5, 5.41) is 20.6. The molecule has 0 aliphatic carbocycles. The van der Waals surface area contributed by atoms with E-state index in [0.717, 1.165) is 18.3 Å². The second kappa shape index (κ2) is 10.5. The Morgan fingerprint density at radius 3 is 2.76 bits per heavy atom. The summed E-state index contributed by atoms with van der Waals surface area (Å²) in [7, 11) is 1.46. The van der Waals surface area contributed by atoms with Gasteiger partial charge >= 0.3 is 0 Å². The van der Waals surface area contributed by atoms with Crippen molar-refractivity contribution in [3.05, 3.63) is 51.5 Å². The SMILES string of the molecule is CNC(=O)c1cn(C[C@H](F)CCc2nnc(C(=O)NCc3cc(C(C)(F)F)ccn3)s2)nn1. The van der Waals surface area contributed by atoms with Crippen LogP contribution in [-0.2, 0) is 25.4 Å². The monoisotopic (exact) mass is 482 g/mol. The largest absolute Gasteiger partial charge is 0.354 e. The van der Waals surface area contributed by atoms with Crippen molar-refractivity contribution in [1.29, 1.82) is 0 Å². The van der Waals surface area contributed by atoms with Crippen molar-refractivity contribution in [1.82, 2.24) is 40.8 Å². The van der Waals surface area contributed by atoms with Gasteiger partial charge in [-0.3, -0.25) is 14.6 Å². The number of carbonyl (C=O) groups excluding carboxylic acids is 2. The number of hydrogen-bond acceptors (Lipinski definition) is 8. The molecule has 0 aliphatic rings. The number of aryl methyl sites for hydroxylation is 1. The third-order valence-electron chi connectivity index (χ3n) is 4.47. The molecule has 14 heteroatoms. The molecule has 0 bridgehead atoms. The Hall–Kier alpha value is -3.42. The van der Waals surface area contributed by atoms with Crippen LogP contribution < -0.4 is 10.6 Å². The van der Waals surface area contributed by atoms with Crippen LogP contribution >= 0.6 is 11.3 Å². The first kappa shape index (κ1) is 24.2. The maximum absolute atomic E-state index is 14.3. The van der Waals surface area contributed by atoms with Crippen LogP contribution in [0.4, 0.5) is 13.2 Å². The highest BCUT2D eigenvalue weighted by Crippen LogP contribution is 2.26. The van der Waals surface area contributed by atoms with E-state index in [4.69, 9.17) is 0 Å². The molecule has 2 N–H and O–H groups in total. The van der Waals surface area contributed by atoms with Crippen LogP contribution in [-0.4, -0.2) is 55.2 Å². The molecule has 0 aliphatic heterocycles. The summed E-state index contributed by atoms with van der Waals surface area (Å²) in [6.45, 7) is 0.642. The predicted molar refractivity (Wildman–Crippen MR) is 112 cm³/mol. The number of carbonyl (C=O) groups is 2. The first-order valence-electron chi connectivity index (χ1n) is 9.85. The summed E-state index contributed by atoms with van der Waals surface area (Å²) < 4.78 is 42.4. The van der Waals surface area contributed by atoms with E-state index in [1.54, 1.807) is 0 Å². The molecule has 0 fully saturated rings. The van der Waals surface area contributed by atoms with Crippen LogP contribution in [0.25, 0.3) is 0 Å². The van der Waals surface area contributed by atoms with Crippen molar-refractivity contribution in [2.75, 3.05) is 7.05 Å². The summed E-state index contributed by atoms with van der Waals surface area (Å²) in [6, 6.07) is 2.43. The van der Waals surface area contributed by atoms with E-state index in [9.17, 15) is 22.8 Å². The van der Waals surface area contributed by atoms with Gasteiger partial charge in [-0.05, 0) is 18.6 Å². The van der Waals surface area contributed by atoms with Crippen LogP contribution in [0.2, 0.25) is 0 Å². The van der Waals surface area contributed by atoms with Crippen LogP contribution in [0.5, 0.6) is 0 Å². The average Bonchev–Trinajstić information content (AvgIpc) is 3.45. The fourth-order valence-corrected chi connectivity index (χ4v) is 3.51. The Bertz CT molecular complexity index is 1110. The summed E-state index contributed by atoms with van der Waals surface area (Å²) in [5.41, 5.74) is 0.173. The summed E-state index contributed by atoms with van der Waals surface area (Å²) >= 11 is 1.01. The van der Waals surface area contributed by atoms with Gasteiger partial charge in [0, 0.05) is 32.2 Å². The van der Waals surface area contributed by atoms with Crippen LogP contribution in [0.1, 0.15) is 49.9 Å². The Balaban J connectivity index is 1.47. The molecule has 1 atom stereocenters. The maximum Gasteiger partial charge on any atom is 0.282 e. The van der Waals surface area contributed by atoms with Gasteiger partial charge in [-0.2, -0.15) is 0 Å². The fraction of sp³-hybridized carbons (Fsp3) is 0.421. The molecule has 0 spiro atoms. The predicted octanol–water partition coefficient (Wildman–Crippen LogP) is 1.90. The van der Waals surface area contributed by atoms with Crippen LogP contribution in [0.15, 0.2) is 24.5 Å². The highest BCUT2D eigenvalue weighted by atomic mass is 32.1. The van der Waals surface area contributed by atoms with Crippen molar-refractivity contribution < 1.29 is 22.8 Å². The zero-order valence-corrected chi connectivity index (χ0v) is 18.6. The minimum atomic E-state index is -3.01. The molecular formula is C19H21F3N8O2S. The van der Waals surface area contributed by atoms with Crippen molar-refractivity contribution in [3.8, 4) is 0 Å². The average molecular weight is 482 g/mol. The molecule has 33 heavy (non-hydrogen) atoms. The highest BCUT2D eigenvalue weighted by Gasteiger charge is 2.24. The molecule has 3 aromatic rings. The quantitative estimate of drug-likeness (QED) is 0.452. The standard InChI is InChI=1S/C19H21F3N8O2S/c1-19(21,22)11-5-6-24-13(7-11)8-25-17(32)18-28-27-15(33-18)4-3-12(20)9-30-10-14(26-29-30)16(31)23-2/h5-7,10,12H,3-4,8-9H2,1-2H3,(H,23,31)(H,25,32)/t12-/m1/s1. The second-order valence-corrected chi connectivity index (χ2v) is 8.21. The molecule has 2 amide bonds. The van der Waals surface area contributed by atoms with E-state index in [-0.39, 0.29) is 47.9 Å². The number of halogens is 3. The molecule has 0 aromatic carbocycles. The minimum Gasteiger partial charge on any atom is -0.354 e. The van der Waals surface area contributed by atoms with E-state index in [1.165, 1.54) is 36.3 Å². The number of rotatable bonds is 10. The molecule has 3 heterocycles. The second-order valence-electron chi connectivity index (χ2n) is 7.15. The summed E-state index contributed by atoms with van der Waals surface area (Å²) in [4.78, 5) is 27.7. The number of pyridine rings is 1. The zero-order chi connectivity index (χ0) is 24.0. The van der Waals surface area contributed by atoms with Gasteiger partial charge in [-0.15, -0.1) is 15.3 Å². The Morgan fingerprint density at radius 1 is 1.24 bits per heavy atom. The molecule has 10 nitrogen and oxygen atoms in total. The third kappa shape index (κ3) is 6.78. The number of aromatic nitrogens is 6. The van der Waals surface area contributed by atoms with Gasteiger partial charge in [0.25, 0.3) is 17.7 Å². The molecule has 0 saturated heterocycles. The van der Waals surface area contributed by atoms with E-state index < -0.39 is 23.9 Å². The normalized spacial score (nSPS) is 12.4. The first-order chi connectivity index (χ1) is 15.7. The zero-order valence-electron chi connectivity index (χ0n) is 17.8. The molecule has 0 saturated carbocycles. The van der Waals surface area contributed by atoms with Gasteiger partial charge in [0.15, 0.2) is 5.69 Å². The summed E-state index contributed by atoms with van der Waals surface area (Å²) in [6.07, 6.45) is 1.68.